The fourth-order valence-corrected chi connectivity index (χ4v) is 2.47. The molecule has 0 saturated heterocycles. The van der Waals surface area contributed by atoms with Crippen molar-refractivity contribution in [2.45, 2.75) is 51.7 Å². The van der Waals surface area contributed by atoms with Crippen LogP contribution in [0.25, 0.3) is 0 Å². The Bertz CT molecular complexity index is 432. The fraction of sp³-hybridized carbons (Fsp3) is 0.533. The van der Waals surface area contributed by atoms with Crippen LogP contribution in [0.5, 0.6) is 5.75 Å². The Labute approximate surface area is 117 Å². The summed E-state index contributed by atoms with van der Waals surface area (Å²) in [5.41, 5.74) is 6.26. The van der Waals surface area contributed by atoms with Gasteiger partial charge in [0.25, 0.3) is 0 Å². The summed E-state index contributed by atoms with van der Waals surface area (Å²) in [7, 11) is -1.77. The van der Waals surface area contributed by atoms with E-state index in [-0.39, 0.29) is 10.9 Å². The molecule has 19 heavy (non-hydrogen) atoms. The molecule has 0 unspecified atom stereocenters. The first-order valence-electron chi connectivity index (χ1n) is 6.68. The zero-order chi connectivity index (χ0) is 14.7. The predicted molar refractivity (Wildman–Crippen MR) is 81.8 cm³/mol. The molecule has 0 saturated carbocycles. The van der Waals surface area contributed by atoms with Crippen LogP contribution in [0.3, 0.4) is 0 Å². The third kappa shape index (κ3) is 4.71. The smallest absolute Gasteiger partial charge is 0.250 e. The van der Waals surface area contributed by atoms with Crippen LogP contribution >= 0.6 is 0 Å². The largest absolute Gasteiger partial charge is 0.544 e. The summed E-state index contributed by atoms with van der Waals surface area (Å²) in [6, 6.07) is 7.98. The lowest BCUT2D eigenvalue weighted by molar-refractivity contribution is -0.117. The molecule has 106 valence electrons. The molecule has 0 bridgehead atoms. The van der Waals surface area contributed by atoms with E-state index in [4.69, 9.17) is 10.2 Å². The molecular formula is C15H25NO2Si. The first kappa shape index (κ1) is 15.8. The highest BCUT2D eigenvalue weighted by atomic mass is 28.4. The summed E-state index contributed by atoms with van der Waals surface area (Å²) in [6.07, 6.45) is 1.08. The van der Waals surface area contributed by atoms with Gasteiger partial charge in [-0.3, -0.25) is 4.79 Å². The van der Waals surface area contributed by atoms with Gasteiger partial charge in [0, 0.05) is 6.42 Å². The summed E-state index contributed by atoms with van der Waals surface area (Å²) in [5, 5.41) is 0.192. The van der Waals surface area contributed by atoms with Crippen LogP contribution in [0, 0.1) is 0 Å². The molecule has 0 aromatic heterocycles. The normalized spacial score (nSPS) is 12.3. The van der Waals surface area contributed by atoms with Gasteiger partial charge in [0.05, 0.1) is 0 Å². The minimum atomic E-state index is -1.77. The van der Waals surface area contributed by atoms with E-state index in [1.54, 1.807) is 0 Å². The van der Waals surface area contributed by atoms with E-state index in [1.165, 1.54) is 0 Å². The number of primary amides is 1. The van der Waals surface area contributed by atoms with Crippen molar-refractivity contribution in [3.63, 3.8) is 0 Å². The maximum atomic E-state index is 10.7. The van der Waals surface area contributed by atoms with Crippen LogP contribution in [-0.2, 0) is 11.2 Å². The number of carbonyl (C=O) groups is 1. The van der Waals surface area contributed by atoms with Crippen molar-refractivity contribution in [2.24, 2.45) is 5.73 Å². The summed E-state index contributed by atoms with van der Waals surface area (Å²) in [6.45, 7) is 11.1. The number of amides is 1. The van der Waals surface area contributed by atoms with Crippen LogP contribution in [0.15, 0.2) is 24.3 Å². The van der Waals surface area contributed by atoms with Gasteiger partial charge in [-0.25, -0.2) is 0 Å². The van der Waals surface area contributed by atoms with E-state index in [2.05, 4.69) is 33.9 Å². The molecule has 0 heterocycles. The lowest BCUT2D eigenvalue weighted by Crippen LogP contribution is -2.43. The molecule has 0 aliphatic carbocycles. The Morgan fingerprint density at radius 3 is 2.16 bits per heavy atom. The molecule has 0 aliphatic heterocycles. The maximum absolute atomic E-state index is 10.7. The van der Waals surface area contributed by atoms with Gasteiger partial charge in [-0.15, -0.1) is 0 Å². The molecule has 4 heteroatoms. The molecule has 1 aromatic carbocycles. The SMILES string of the molecule is CC(C)(C)[Si](C)(C)Oc1ccc(CCC(N)=O)cc1. The lowest BCUT2D eigenvalue weighted by Gasteiger charge is -2.36. The number of hydrogen-bond acceptors (Lipinski definition) is 2. The van der Waals surface area contributed by atoms with Crippen LogP contribution < -0.4 is 10.2 Å². The summed E-state index contributed by atoms with van der Waals surface area (Å²) >= 11 is 0. The number of benzene rings is 1. The van der Waals surface area contributed by atoms with Crippen molar-refractivity contribution in [3.05, 3.63) is 29.8 Å². The third-order valence-electron chi connectivity index (χ3n) is 3.76. The molecule has 0 spiro atoms. The van der Waals surface area contributed by atoms with Gasteiger partial charge in [0.2, 0.25) is 14.2 Å². The summed E-state index contributed by atoms with van der Waals surface area (Å²) in [4.78, 5) is 10.7. The maximum Gasteiger partial charge on any atom is 0.250 e. The van der Waals surface area contributed by atoms with Gasteiger partial charge >= 0.3 is 0 Å². The van der Waals surface area contributed by atoms with Gasteiger partial charge in [0.1, 0.15) is 5.75 Å². The number of aryl methyl sites for hydroxylation is 1. The molecule has 2 N–H and O–H groups in total. The molecule has 1 aromatic rings. The summed E-state index contributed by atoms with van der Waals surface area (Å²) in [5.74, 6) is 0.649. The minimum absolute atomic E-state index is 0.192. The second-order valence-corrected chi connectivity index (χ2v) is 11.2. The van der Waals surface area contributed by atoms with Crippen molar-refractivity contribution in [3.8, 4) is 5.75 Å². The average Bonchev–Trinajstić information content (AvgIpc) is 2.26. The standard InChI is InChI=1S/C15H25NO2Si/c1-15(2,3)19(4,5)18-13-9-6-12(7-10-13)8-11-14(16)17/h6-7,9-10H,8,11H2,1-5H3,(H2,16,17). The monoisotopic (exact) mass is 279 g/mol. The lowest BCUT2D eigenvalue weighted by atomic mass is 10.1. The third-order valence-corrected chi connectivity index (χ3v) is 8.12. The second-order valence-electron chi connectivity index (χ2n) is 6.47. The molecule has 3 nitrogen and oxygen atoms in total. The van der Waals surface area contributed by atoms with Crippen molar-refractivity contribution >= 4 is 14.2 Å². The first-order chi connectivity index (χ1) is 8.62. The van der Waals surface area contributed by atoms with E-state index in [9.17, 15) is 4.79 Å². The van der Waals surface area contributed by atoms with Gasteiger partial charge in [-0.2, -0.15) is 0 Å². The number of hydrogen-bond donors (Lipinski definition) is 1. The Morgan fingerprint density at radius 1 is 1.21 bits per heavy atom. The minimum Gasteiger partial charge on any atom is -0.544 e. The van der Waals surface area contributed by atoms with Crippen LogP contribution in [0.1, 0.15) is 32.8 Å². The number of carbonyl (C=O) groups excluding carboxylic acids is 1. The summed E-state index contributed by atoms with van der Waals surface area (Å²) < 4.78 is 6.19. The second kappa shape index (κ2) is 5.78. The Balaban J connectivity index is 2.69. The van der Waals surface area contributed by atoms with E-state index >= 15 is 0 Å². The van der Waals surface area contributed by atoms with Crippen molar-refractivity contribution in [1.82, 2.24) is 0 Å². The fourth-order valence-electron chi connectivity index (χ4n) is 1.44. The molecule has 0 fully saturated rings. The van der Waals surface area contributed by atoms with Crippen LogP contribution in [0.2, 0.25) is 18.1 Å². The molecule has 0 atom stereocenters. The highest BCUT2D eigenvalue weighted by Gasteiger charge is 2.38. The van der Waals surface area contributed by atoms with Crippen molar-refractivity contribution < 1.29 is 9.22 Å². The van der Waals surface area contributed by atoms with Crippen molar-refractivity contribution in [2.75, 3.05) is 0 Å². The molecule has 0 aliphatic rings. The van der Waals surface area contributed by atoms with E-state index in [0.29, 0.717) is 12.8 Å². The highest BCUT2D eigenvalue weighted by Crippen LogP contribution is 2.37. The van der Waals surface area contributed by atoms with Gasteiger partial charge in [-0.1, -0.05) is 32.9 Å². The molecule has 0 radical (unpaired) electrons. The molecule has 1 rings (SSSR count). The zero-order valence-corrected chi connectivity index (χ0v) is 13.6. The number of rotatable bonds is 5. The average molecular weight is 279 g/mol. The quantitative estimate of drug-likeness (QED) is 0.839. The predicted octanol–water partition coefficient (Wildman–Crippen LogP) is 3.49. The van der Waals surface area contributed by atoms with Gasteiger partial charge in [-0.05, 0) is 42.2 Å². The topological polar surface area (TPSA) is 52.3 Å². The Hall–Kier alpha value is -1.29. The Morgan fingerprint density at radius 2 is 1.74 bits per heavy atom. The van der Waals surface area contributed by atoms with E-state index in [1.807, 2.05) is 24.3 Å². The van der Waals surface area contributed by atoms with E-state index in [0.717, 1.165) is 11.3 Å². The number of nitrogens with two attached hydrogens (primary N) is 1. The van der Waals surface area contributed by atoms with Crippen LogP contribution in [0.4, 0.5) is 0 Å². The van der Waals surface area contributed by atoms with Gasteiger partial charge in [0.15, 0.2) is 0 Å². The first-order valence-corrected chi connectivity index (χ1v) is 9.59. The molecule has 1 amide bonds. The van der Waals surface area contributed by atoms with Gasteiger partial charge < -0.3 is 10.2 Å². The van der Waals surface area contributed by atoms with Crippen molar-refractivity contribution in [1.29, 1.82) is 0 Å². The molecular weight excluding hydrogens is 254 g/mol. The highest BCUT2D eigenvalue weighted by molar-refractivity contribution is 6.74. The zero-order valence-electron chi connectivity index (χ0n) is 12.6. The Kier molecular flexibility index (Phi) is 4.79. The van der Waals surface area contributed by atoms with Crippen LogP contribution in [-0.4, -0.2) is 14.2 Å². The van der Waals surface area contributed by atoms with E-state index < -0.39 is 8.32 Å².